The van der Waals surface area contributed by atoms with Gasteiger partial charge in [-0.1, -0.05) is 5.21 Å². The van der Waals surface area contributed by atoms with Crippen LogP contribution in [0.4, 0.5) is 4.79 Å². The molecular formula is C29H45N7O5. The van der Waals surface area contributed by atoms with Crippen LogP contribution >= 0.6 is 0 Å². The zero-order chi connectivity index (χ0) is 29.3. The van der Waals surface area contributed by atoms with Crippen molar-refractivity contribution in [3.63, 3.8) is 0 Å². The lowest BCUT2D eigenvalue weighted by molar-refractivity contribution is -0.202. The Bertz CT molecular complexity index is 1130. The smallest absolute Gasteiger partial charge is 0.411 e. The molecule has 6 rings (SSSR count). The van der Waals surface area contributed by atoms with E-state index in [1.54, 1.807) is 14.5 Å². The highest BCUT2D eigenvalue weighted by Crippen LogP contribution is 2.61. The van der Waals surface area contributed by atoms with E-state index < -0.39 is 23.3 Å². The highest BCUT2D eigenvalue weighted by Gasteiger charge is 2.62. The molecule has 5 atom stereocenters. The van der Waals surface area contributed by atoms with Crippen LogP contribution in [0.2, 0.25) is 0 Å². The first-order chi connectivity index (χ1) is 19.5. The summed E-state index contributed by atoms with van der Waals surface area (Å²) in [6.45, 7) is 8.39. The summed E-state index contributed by atoms with van der Waals surface area (Å²) in [5.74, 6) is 0.685. The first-order valence-corrected chi connectivity index (χ1v) is 15.0. The number of carbonyl (C=O) groups is 2. The molecular weight excluding hydrogens is 526 g/mol. The van der Waals surface area contributed by atoms with E-state index in [0.29, 0.717) is 64.1 Å². The number of hydrogen-bond donors (Lipinski definition) is 1. The van der Waals surface area contributed by atoms with E-state index in [1.165, 1.54) is 0 Å². The maximum atomic E-state index is 13.7. The molecule has 0 aromatic carbocycles. The third-order valence-corrected chi connectivity index (χ3v) is 9.07. The van der Waals surface area contributed by atoms with Crippen molar-refractivity contribution in [2.45, 2.75) is 108 Å². The fraction of sp³-hybridized carbons (Fsp3) is 0.828. The Kier molecular flexibility index (Phi) is 8.60. The predicted octanol–water partition coefficient (Wildman–Crippen LogP) is 2.61. The summed E-state index contributed by atoms with van der Waals surface area (Å²) in [4.78, 5) is 30.6. The number of nitrogens with zero attached hydrogens (tertiary/aromatic N) is 6. The van der Waals surface area contributed by atoms with Crippen LogP contribution < -0.4 is 5.73 Å². The average molecular weight is 572 g/mol. The van der Waals surface area contributed by atoms with Crippen LogP contribution in [0.25, 0.3) is 0 Å². The Morgan fingerprint density at radius 3 is 2.61 bits per heavy atom. The zero-order valence-corrected chi connectivity index (χ0v) is 24.7. The minimum Gasteiger partial charge on any atom is -0.444 e. The molecule has 4 saturated carbocycles. The van der Waals surface area contributed by atoms with Crippen molar-refractivity contribution >= 4 is 12.0 Å². The van der Waals surface area contributed by atoms with Crippen molar-refractivity contribution in [1.82, 2.24) is 24.8 Å². The summed E-state index contributed by atoms with van der Waals surface area (Å²) in [6.07, 6.45) is 8.28. The lowest BCUT2D eigenvalue weighted by Gasteiger charge is -2.64. The highest BCUT2D eigenvalue weighted by atomic mass is 16.6. The molecule has 2 amide bonds. The highest BCUT2D eigenvalue weighted by molar-refractivity contribution is 5.83. The van der Waals surface area contributed by atoms with Gasteiger partial charge in [0.25, 0.3) is 0 Å². The minimum absolute atomic E-state index is 0.0696. The van der Waals surface area contributed by atoms with Gasteiger partial charge in [-0.3, -0.25) is 9.69 Å². The fourth-order valence-electron chi connectivity index (χ4n) is 7.90. The predicted molar refractivity (Wildman–Crippen MR) is 148 cm³/mol. The van der Waals surface area contributed by atoms with E-state index in [9.17, 15) is 14.9 Å². The first kappa shape index (κ1) is 29.7. The maximum absolute atomic E-state index is 13.7. The van der Waals surface area contributed by atoms with Gasteiger partial charge in [-0.15, -0.1) is 5.10 Å². The van der Waals surface area contributed by atoms with E-state index in [1.807, 2.05) is 27.0 Å². The molecule has 12 heteroatoms. The molecule has 0 spiro atoms. The van der Waals surface area contributed by atoms with E-state index >= 15 is 0 Å². The second kappa shape index (κ2) is 11.9. The Morgan fingerprint density at radius 1 is 1.20 bits per heavy atom. The molecule has 0 radical (unpaired) electrons. The Balaban J connectivity index is 1.25. The van der Waals surface area contributed by atoms with Crippen LogP contribution in [0.5, 0.6) is 0 Å². The summed E-state index contributed by atoms with van der Waals surface area (Å²) in [6, 6.07) is 1.82. The maximum Gasteiger partial charge on any atom is 0.411 e. The molecule has 4 bridgehead atoms. The van der Waals surface area contributed by atoms with Gasteiger partial charge in [0.15, 0.2) is 0 Å². The number of nitriles is 1. The summed E-state index contributed by atoms with van der Waals surface area (Å²) < 4.78 is 20.1. The topological polar surface area (TPSA) is 149 Å². The summed E-state index contributed by atoms with van der Waals surface area (Å²) in [5.41, 5.74) is 4.81. The number of hydrogen-bond acceptors (Lipinski definition) is 9. The summed E-state index contributed by atoms with van der Waals surface area (Å²) in [7, 11) is 0. The van der Waals surface area contributed by atoms with E-state index in [0.717, 1.165) is 44.2 Å². The van der Waals surface area contributed by atoms with Crippen molar-refractivity contribution in [2.75, 3.05) is 32.9 Å². The van der Waals surface area contributed by atoms with Gasteiger partial charge in [0.2, 0.25) is 5.91 Å². The molecule has 12 nitrogen and oxygen atoms in total. The molecule has 1 aromatic heterocycles. The molecule has 226 valence electrons. The van der Waals surface area contributed by atoms with Crippen LogP contribution in [0.1, 0.15) is 77.8 Å². The van der Waals surface area contributed by atoms with E-state index in [2.05, 4.69) is 16.4 Å². The lowest BCUT2D eigenvalue weighted by Crippen LogP contribution is -2.68. The van der Waals surface area contributed by atoms with Crippen LogP contribution in [0, 0.1) is 23.2 Å². The van der Waals surface area contributed by atoms with Gasteiger partial charge in [-0.25, -0.2) is 9.48 Å². The normalized spacial score (nSPS) is 30.4. The molecule has 1 saturated heterocycles. The number of aromatic nitrogens is 3. The van der Waals surface area contributed by atoms with Crippen molar-refractivity contribution < 1.29 is 23.8 Å². The largest absolute Gasteiger partial charge is 0.444 e. The Hall–Kier alpha value is -2.75. The summed E-state index contributed by atoms with van der Waals surface area (Å²) in [5, 5.41) is 17.6. The second-order valence-corrected chi connectivity index (χ2v) is 13.4. The molecule has 3 unspecified atom stereocenters. The van der Waals surface area contributed by atoms with Gasteiger partial charge in [-0.05, 0) is 84.0 Å². The van der Waals surface area contributed by atoms with Crippen molar-refractivity contribution in [3.05, 3.63) is 11.9 Å². The van der Waals surface area contributed by atoms with Crippen LogP contribution in [-0.4, -0.2) is 92.5 Å². The van der Waals surface area contributed by atoms with Crippen molar-refractivity contribution in [2.24, 2.45) is 17.6 Å². The molecule has 2 heterocycles. The van der Waals surface area contributed by atoms with Gasteiger partial charge in [0.05, 0.1) is 49.3 Å². The number of ether oxygens (including phenoxy) is 3. The molecule has 2 N–H and O–H groups in total. The number of carbonyl (C=O) groups excluding carboxylic acids is 2. The average Bonchev–Trinajstić information content (AvgIpc) is 3.56. The van der Waals surface area contributed by atoms with E-state index in [-0.39, 0.29) is 18.1 Å². The molecule has 41 heavy (non-hydrogen) atoms. The van der Waals surface area contributed by atoms with Crippen molar-refractivity contribution in [1.29, 1.82) is 5.26 Å². The molecule has 1 aliphatic heterocycles. The third kappa shape index (κ3) is 6.68. The zero-order valence-electron chi connectivity index (χ0n) is 24.7. The van der Waals surface area contributed by atoms with E-state index in [4.69, 9.17) is 19.9 Å². The van der Waals surface area contributed by atoms with Gasteiger partial charge in [0.1, 0.15) is 18.2 Å². The molecule has 1 aromatic rings. The standard InChI is InChI=1S/C29H45N7O5/c1-27(2,3)41-26(38)36(19-25(37)35-6-4-5-24(35)17-31)28-12-21-11-22(13-28)15-29(14-21,20-28)40-10-9-39-8-7-34-18-23(16-30)32-33-34/h18,21-22,24H,4-16,19-20,30H2,1-3H3/t21-,22?,24-,28?,29?/m0/s1. The summed E-state index contributed by atoms with van der Waals surface area (Å²) >= 11 is 0. The fourth-order valence-corrected chi connectivity index (χ4v) is 7.90. The van der Waals surface area contributed by atoms with Crippen LogP contribution in [0.15, 0.2) is 6.20 Å². The van der Waals surface area contributed by atoms with Gasteiger partial charge in [-0.2, -0.15) is 5.26 Å². The molecule has 4 aliphatic carbocycles. The van der Waals surface area contributed by atoms with Crippen molar-refractivity contribution in [3.8, 4) is 6.07 Å². The SMILES string of the molecule is CC(C)(C)OC(=O)N(CC(=O)N1CCC[C@H]1C#N)C12CC3C[C@H](CC(OCCOCCn4cc(CN)nn4)(C3)C1)C2. The van der Waals surface area contributed by atoms with Gasteiger partial charge < -0.3 is 24.8 Å². The van der Waals surface area contributed by atoms with Crippen LogP contribution in [0.3, 0.4) is 0 Å². The van der Waals surface area contributed by atoms with Gasteiger partial charge in [0, 0.05) is 19.3 Å². The molecule has 5 aliphatic rings. The number of amides is 2. The molecule has 5 fully saturated rings. The number of likely N-dealkylation sites (tertiary alicyclic amines) is 1. The monoisotopic (exact) mass is 571 g/mol. The second-order valence-electron chi connectivity index (χ2n) is 13.4. The quantitative estimate of drug-likeness (QED) is 0.396. The van der Waals surface area contributed by atoms with Gasteiger partial charge >= 0.3 is 6.09 Å². The Morgan fingerprint density at radius 2 is 1.95 bits per heavy atom. The lowest BCUT2D eigenvalue weighted by atomic mass is 9.50. The van der Waals surface area contributed by atoms with Crippen LogP contribution in [-0.2, 0) is 32.1 Å². The number of rotatable bonds is 11. The Labute approximate surface area is 242 Å². The third-order valence-electron chi connectivity index (χ3n) is 9.07. The minimum atomic E-state index is -0.687. The first-order valence-electron chi connectivity index (χ1n) is 15.0. The number of nitrogens with two attached hydrogens (primary N) is 1.